The molecule has 12 heavy (non-hydrogen) atoms. The summed E-state index contributed by atoms with van der Waals surface area (Å²) in [4.78, 5) is 4.25. The number of hydrogen-bond acceptors (Lipinski definition) is 2. The highest BCUT2D eigenvalue weighted by atomic mass is 127. The minimum Gasteiger partial charge on any atom is -0.398 e. The summed E-state index contributed by atoms with van der Waals surface area (Å²) in [5.41, 5.74) is 7.53. The van der Waals surface area contributed by atoms with E-state index in [0.717, 1.165) is 20.2 Å². The van der Waals surface area contributed by atoms with Gasteiger partial charge >= 0.3 is 0 Å². The second-order valence-corrected chi connectivity index (χ2v) is 3.81. The molecule has 0 atom stereocenters. The Morgan fingerprint density at radius 2 is 2.17 bits per heavy atom. The molecule has 3 heteroatoms. The maximum atomic E-state index is 5.78. The average molecular weight is 270 g/mol. The number of pyridine rings is 1. The summed E-state index contributed by atoms with van der Waals surface area (Å²) in [5.74, 6) is 0. The van der Waals surface area contributed by atoms with Crippen LogP contribution in [0.2, 0.25) is 0 Å². The molecule has 1 aromatic heterocycles. The Morgan fingerprint density at radius 1 is 1.33 bits per heavy atom. The maximum Gasteiger partial charge on any atom is 0.0723 e. The number of nitrogens with zero attached hydrogens (tertiary/aromatic N) is 1. The summed E-state index contributed by atoms with van der Waals surface area (Å²) in [5, 5.41) is 1.03. The summed E-state index contributed by atoms with van der Waals surface area (Å²) in [6.45, 7) is 0. The molecule has 0 radical (unpaired) electrons. The third-order valence-electron chi connectivity index (χ3n) is 1.73. The molecule has 0 amide bonds. The van der Waals surface area contributed by atoms with Gasteiger partial charge in [0.1, 0.15) is 0 Å². The van der Waals surface area contributed by atoms with Crippen LogP contribution in [0.1, 0.15) is 0 Å². The second kappa shape index (κ2) is 2.90. The lowest BCUT2D eigenvalue weighted by Gasteiger charge is -2.00. The zero-order chi connectivity index (χ0) is 8.55. The number of aromatic nitrogens is 1. The molecule has 2 rings (SSSR count). The molecule has 0 saturated carbocycles. The zero-order valence-electron chi connectivity index (χ0n) is 6.29. The largest absolute Gasteiger partial charge is 0.398 e. The normalized spacial score (nSPS) is 10.4. The lowest BCUT2D eigenvalue weighted by Crippen LogP contribution is -1.88. The number of rotatable bonds is 0. The third-order valence-corrected chi connectivity index (χ3v) is 2.32. The fourth-order valence-corrected chi connectivity index (χ4v) is 1.60. The van der Waals surface area contributed by atoms with Gasteiger partial charge in [0.25, 0.3) is 0 Å². The van der Waals surface area contributed by atoms with Crippen molar-refractivity contribution in [2.24, 2.45) is 0 Å². The molecule has 0 spiro atoms. The van der Waals surface area contributed by atoms with Crippen molar-refractivity contribution in [3.8, 4) is 0 Å². The molecule has 60 valence electrons. The molecule has 0 aliphatic heterocycles. The molecule has 0 aliphatic carbocycles. The summed E-state index contributed by atoms with van der Waals surface area (Å²) < 4.78 is 1.11. The van der Waals surface area contributed by atoms with Crippen molar-refractivity contribution >= 4 is 39.2 Å². The Hall–Kier alpha value is -0.840. The predicted molar refractivity (Wildman–Crippen MR) is 58.9 cm³/mol. The molecule has 0 fully saturated rings. The van der Waals surface area contributed by atoms with Crippen molar-refractivity contribution in [2.45, 2.75) is 0 Å². The van der Waals surface area contributed by atoms with E-state index < -0.39 is 0 Å². The summed E-state index contributed by atoms with van der Waals surface area (Å²) in [7, 11) is 0. The highest BCUT2D eigenvalue weighted by molar-refractivity contribution is 14.1. The fourth-order valence-electron chi connectivity index (χ4n) is 1.15. The van der Waals surface area contributed by atoms with Crippen LogP contribution in [0.3, 0.4) is 0 Å². The third kappa shape index (κ3) is 1.24. The highest BCUT2D eigenvalue weighted by Gasteiger charge is 1.97. The number of nitrogens with two attached hydrogens (primary N) is 1. The van der Waals surface area contributed by atoms with E-state index in [1.54, 1.807) is 0 Å². The van der Waals surface area contributed by atoms with Crippen molar-refractivity contribution in [1.29, 1.82) is 0 Å². The molecular weight excluding hydrogens is 263 g/mol. The molecule has 2 aromatic rings. The number of fused-ring (bicyclic) bond motifs is 1. The van der Waals surface area contributed by atoms with Gasteiger partial charge in [-0.3, -0.25) is 4.98 Å². The second-order valence-electron chi connectivity index (χ2n) is 2.57. The van der Waals surface area contributed by atoms with Crippen LogP contribution in [0.15, 0.2) is 30.5 Å². The first-order valence-corrected chi connectivity index (χ1v) is 4.65. The van der Waals surface area contributed by atoms with Gasteiger partial charge in [0.15, 0.2) is 0 Å². The van der Waals surface area contributed by atoms with Gasteiger partial charge in [-0.05, 0) is 40.8 Å². The van der Waals surface area contributed by atoms with E-state index in [-0.39, 0.29) is 0 Å². The number of nitrogen functional groups attached to an aromatic ring is 1. The maximum absolute atomic E-state index is 5.78. The van der Waals surface area contributed by atoms with Crippen LogP contribution in [-0.4, -0.2) is 4.98 Å². The number of anilines is 1. The van der Waals surface area contributed by atoms with Crippen LogP contribution in [-0.2, 0) is 0 Å². The van der Waals surface area contributed by atoms with Crippen LogP contribution in [0, 0.1) is 3.57 Å². The lowest BCUT2D eigenvalue weighted by atomic mass is 10.2. The van der Waals surface area contributed by atoms with Crippen molar-refractivity contribution in [3.63, 3.8) is 0 Å². The Balaban J connectivity index is 2.88. The van der Waals surface area contributed by atoms with Gasteiger partial charge in [-0.15, -0.1) is 0 Å². The van der Waals surface area contributed by atoms with Gasteiger partial charge in [-0.25, -0.2) is 0 Å². The Morgan fingerprint density at radius 3 is 3.00 bits per heavy atom. The van der Waals surface area contributed by atoms with E-state index in [9.17, 15) is 0 Å². The van der Waals surface area contributed by atoms with Gasteiger partial charge in [-0.2, -0.15) is 0 Å². The van der Waals surface area contributed by atoms with E-state index in [0.29, 0.717) is 0 Å². The first kappa shape index (κ1) is 7.79. The fraction of sp³-hybridized carbons (Fsp3) is 0. The lowest BCUT2D eigenvalue weighted by molar-refractivity contribution is 1.39. The minimum atomic E-state index is 0.790. The first-order chi connectivity index (χ1) is 5.77. The standard InChI is InChI=1S/C9H7IN2/c10-6-4-7-8(11)2-1-3-9(7)12-5-6/h1-5H,11H2. The van der Waals surface area contributed by atoms with Crippen LogP contribution in [0.4, 0.5) is 5.69 Å². The van der Waals surface area contributed by atoms with Crippen molar-refractivity contribution in [2.75, 3.05) is 5.73 Å². The molecular formula is C9H7IN2. The quantitative estimate of drug-likeness (QED) is 0.589. The van der Waals surface area contributed by atoms with Crippen LogP contribution in [0.5, 0.6) is 0 Å². The van der Waals surface area contributed by atoms with E-state index >= 15 is 0 Å². The molecule has 0 aliphatic rings. The number of halogens is 1. The van der Waals surface area contributed by atoms with E-state index in [2.05, 4.69) is 27.6 Å². The van der Waals surface area contributed by atoms with Crippen molar-refractivity contribution in [3.05, 3.63) is 34.0 Å². The average Bonchev–Trinajstić information content (AvgIpc) is 2.07. The number of hydrogen-bond donors (Lipinski definition) is 1. The summed E-state index contributed by atoms with van der Waals surface area (Å²) >= 11 is 2.23. The molecule has 1 heterocycles. The van der Waals surface area contributed by atoms with Crippen LogP contribution < -0.4 is 5.73 Å². The molecule has 0 unspecified atom stereocenters. The molecule has 0 bridgehead atoms. The topological polar surface area (TPSA) is 38.9 Å². The monoisotopic (exact) mass is 270 g/mol. The molecule has 2 nitrogen and oxygen atoms in total. The summed E-state index contributed by atoms with van der Waals surface area (Å²) in [6, 6.07) is 7.80. The van der Waals surface area contributed by atoms with E-state index in [4.69, 9.17) is 5.73 Å². The number of benzene rings is 1. The van der Waals surface area contributed by atoms with Gasteiger partial charge in [0.05, 0.1) is 5.52 Å². The zero-order valence-corrected chi connectivity index (χ0v) is 8.45. The van der Waals surface area contributed by atoms with E-state index in [1.807, 2.05) is 30.5 Å². The van der Waals surface area contributed by atoms with Crippen molar-refractivity contribution < 1.29 is 0 Å². The van der Waals surface area contributed by atoms with Crippen molar-refractivity contribution in [1.82, 2.24) is 4.98 Å². The van der Waals surface area contributed by atoms with Crippen LogP contribution >= 0.6 is 22.6 Å². The van der Waals surface area contributed by atoms with Gasteiger partial charge < -0.3 is 5.73 Å². The van der Waals surface area contributed by atoms with E-state index in [1.165, 1.54) is 0 Å². The van der Waals surface area contributed by atoms with Gasteiger partial charge in [0.2, 0.25) is 0 Å². The molecule has 1 aromatic carbocycles. The Kier molecular flexibility index (Phi) is 1.88. The molecule has 2 N–H and O–H groups in total. The van der Waals surface area contributed by atoms with Gasteiger partial charge in [0, 0.05) is 20.8 Å². The van der Waals surface area contributed by atoms with Crippen LogP contribution in [0.25, 0.3) is 10.9 Å². The Bertz CT molecular complexity index is 426. The smallest absolute Gasteiger partial charge is 0.0723 e. The first-order valence-electron chi connectivity index (χ1n) is 3.57. The SMILES string of the molecule is Nc1cccc2ncc(I)cc12. The summed E-state index contributed by atoms with van der Waals surface area (Å²) in [6.07, 6.45) is 1.84. The predicted octanol–water partition coefficient (Wildman–Crippen LogP) is 2.42. The molecule has 0 saturated heterocycles. The highest BCUT2D eigenvalue weighted by Crippen LogP contribution is 2.20. The van der Waals surface area contributed by atoms with Gasteiger partial charge in [-0.1, -0.05) is 6.07 Å². The Labute approximate surface area is 83.9 Å². The minimum absolute atomic E-state index is 0.790.